The van der Waals surface area contributed by atoms with Gasteiger partial charge in [0.1, 0.15) is 17.4 Å². The maximum Gasteiger partial charge on any atom is 0.417 e. The first kappa shape index (κ1) is 34.4. The highest BCUT2D eigenvalue weighted by molar-refractivity contribution is 5.98. The van der Waals surface area contributed by atoms with E-state index in [-0.39, 0.29) is 35.5 Å². The summed E-state index contributed by atoms with van der Waals surface area (Å²) in [6.45, 7) is 5.51. The molecule has 2 saturated heterocycles. The molecule has 2 atom stereocenters. The molecule has 6 rings (SSSR count). The number of amides is 1. The lowest BCUT2D eigenvalue weighted by Crippen LogP contribution is -2.35. The topological polar surface area (TPSA) is 90.9 Å². The Kier molecular flexibility index (Phi) is 10.2. The molecule has 2 aliphatic heterocycles. The van der Waals surface area contributed by atoms with Crippen LogP contribution in [0.3, 0.4) is 0 Å². The fourth-order valence-corrected chi connectivity index (χ4v) is 6.73. The molecule has 1 aromatic heterocycles. The Morgan fingerprint density at radius 3 is 2.51 bits per heavy atom. The van der Waals surface area contributed by atoms with Gasteiger partial charge < -0.3 is 14.5 Å². The predicted octanol–water partition coefficient (Wildman–Crippen LogP) is 7.12. The van der Waals surface area contributed by atoms with Crippen molar-refractivity contribution in [2.75, 3.05) is 26.2 Å². The van der Waals surface area contributed by atoms with E-state index in [2.05, 4.69) is 15.2 Å². The maximum atomic E-state index is 15.4. The number of benzene rings is 1. The fraction of sp³-hybridized carbons (Fsp3) is 0.459. The fourth-order valence-electron chi connectivity index (χ4n) is 6.73. The van der Waals surface area contributed by atoms with Crippen molar-refractivity contribution in [3.05, 3.63) is 93.4 Å². The van der Waals surface area contributed by atoms with Crippen molar-refractivity contribution in [3.8, 4) is 5.75 Å². The maximum absolute atomic E-state index is 15.4. The molecule has 8 nitrogen and oxygen atoms in total. The Hall–Kier alpha value is -4.48. The Morgan fingerprint density at radius 1 is 1.10 bits per heavy atom. The van der Waals surface area contributed by atoms with Crippen molar-refractivity contribution in [1.82, 2.24) is 20.0 Å². The van der Waals surface area contributed by atoms with Crippen LogP contribution in [0.4, 0.5) is 17.6 Å². The first-order chi connectivity index (χ1) is 23.5. The van der Waals surface area contributed by atoms with Gasteiger partial charge in [0.25, 0.3) is 11.5 Å². The number of H-pyrrole nitrogens is 1. The van der Waals surface area contributed by atoms with E-state index in [0.717, 1.165) is 38.0 Å². The van der Waals surface area contributed by atoms with Crippen molar-refractivity contribution in [3.63, 3.8) is 0 Å². The van der Waals surface area contributed by atoms with Crippen LogP contribution in [0.1, 0.15) is 58.1 Å². The minimum atomic E-state index is -4.50. The summed E-state index contributed by atoms with van der Waals surface area (Å²) in [5, 5.41) is 8.00. The van der Waals surface area contributed by atoms with E-state index in [0.29, 0.717) is 72.6 Å². The van der Waals surface area contributed by atoms with E-state index in [4.69, 9.17) is 4.74 Å². The molecule has 1 N–H and O–H groups in total. The molecule has 2 aromatic rings. The van der Waals surface area contributed by atoms with Gasteiger partial charge in [-0.2, -0.15) is 18.3 Å². The third-order valence-electron chi connectivity index (χ3n) is 9.76. The molecule has 1 amide bonds. The van der Waals surface area contributed by atoms with Gasteiger partial charge in [0.05, 0.1) is 28.3 Å². The van der Waals surface area contributed by atoms with Crippen LogP contribution in [-0.4, -0.2) is 70.2 Å². The van der Waals surface area contributed by atoms with Gasteiger partial charge in [-0.15, -0.1) is 0 Å². The molecule has 0 spiro atoms. The minimum Gasteiger partial charge on any atom is -0.490 e. The summed E-state index contributed by atoms with van der Waals surface area (Å²) in [4.78, 5) is 34.0. The number of carbonyl (C=O) groups excluding carboxylic acids is 1. The molecule has 12 heteroatoms. The summed E-state index contributed by atoms with van der Waals surface area (Å²) in [5.74, 6) is 0.339. The number of nitrogens with zero attached hydrogens (tertiary/aromatic N) is 4. The predicted molar refractivity (Wildman–Crippen MR) is 181 cm³/mol. The molecule has 2 aliphatic carbocycles. The molecule has 1 saturated carbocycles. The molecule has 4 aliphatic rings. The summed E-state index contributed by atoms with van der Waals surface area (Å²) >= 11 is 0. The summed E-state index contributed by atoms with van der Waals surface area (Å²) in [5.41, 5.74) is 0.148. The minimum absolute atomic E-state index is 0.0259. The number of aromatic amines is 1. The largest absolute Gasteiger partial charge is 0.490 e. The Balaban J connectivity index is 1.13. The van der Waals surface area contributed by atoms with E-state index in [1.54, 1.807) is 30.0 Å². The second-order valence-electron chi connectivity index (χ2n) is 13.3. The standard InChI is InChI=1S/C37H41F4N5O3/c1-3-4-5-9-27(37(39,40)41)18-42-23(2)45-19-25-21-46(22-26(25)20-45)36(48)32-15-24(8-6-12-33(32)38)16-34-31-17-29(49-28-10-7-11-28)13-14-30(31)35(47)44-43-34/h5,8-9,12-15,17-18,25-26,28H,3-4,6-7,10-11,16,19-22H2,1-2H3,(H,44,47)/b9-5+,27-18+,42-23?. The number of halogens is 4. The molecule has 3 heterocycles. The summed E-state index contributed by atoms with van der Waals surface area (Å²) in [6.07, 6.45) is 8.92. The Bertz CT molecular complexity index is 1820. The smallest absolute Gasteiger partial charge is 0.417 e. The summed E-state index contributed by atoms with van der Waals surface area (Å²) < 4.78 is 61.8. The van der Waals surface area contributed by atoms with Crippen molar-refractivity contribution >= 4 is 22.5 Å². The third kappa shape index (κ3) is 7.89. The Morgan fingerprint density at radius 2 is 1.84 bits per heavy atom. The van der Waals surface area contributed by atoms with Crippen LogP contribution in [0.15, 0.2) is 87.1 Å². The zero-order chi connectivity index (χ0) is 34.7. The van der Waals surface area contributed by atoms with Crippen molar-refractivity contribution in [2.45, 2.75) is 71.1 Å². The molecule has 2 unspecified atom stereocenters. The first-order valence-corrected chi connectivity index (χ1v) is 17.0. The molecule has 0 radical (unpaired) electrons. The number of aromatic nitrogens is 2. The zero-order valence-corrected chi connectivity index (χ0v) is 27.7. The average Bonchev–Trinajstić information content (AvgIpc) is 3.58. The van der Waals surface area contributed by atoms with Crippen molar-refractivity contribution in [1.29, 1.82) is 0 Å². The number of aliphatic imine (C=N–C) groups is 1. The molecular formula is C37H41F4N5O3. The lowest BCUT2D eigenvalue weighted by atomic mass is 9.96. The number of nitrogens with one attached hydrogen (secondary N) is 1. The van der Waals surface area contributed by atoms with Crippen LogP contribution >= 0.6 is 0 Å². The van der Waals surface area contributed by atoms with E-state index >= 15 is 4.39 Å². The molecule has 3 fully saturated rings. The van der Waals surface area contributed by atoms with Crippen LogP contribution in [0.25, 0.3) is 10.8 Å². The highest BCUT2D eigenvalue weighted by atomic mass is 19.4. The molecule has 49 heavy (non-hydrogen) atoms. The second kappa shape index (κ2) is 14.6. The number of hydrogen-bond acceptors (Lipinski definition) is 5. The van der Waals surface area contributed by atoms with Gasteiger partial charge in [0.15, 0.2) is 0 Å². The normalized spacial score (nSPS) is 22.2. The van der Waals surface area contributed by atoms with E-state index in [1.165, 1.54) is 12.2 Å². The third-order valence-corrected chi connectivity index (χ3v) is 9.76. The van der Waals surface area contributed by atoms with Crippen LogP contribution in [0.5, 0.6) is 5.75 Å². The number of unbranched alkanes of at least 4 members (excludes halogenated alkanes) is 1. The number of alkyl halides is 3. The van der Waals surface area contributed by atoms with Gasteiger partial charge in [0, 0.05) is 56.0 Å². The number of hydrogen-bond donors (Lipinski definition) is 1. The van der Waals surface area contributed by atoms with Gasteiger partial charge in [-0.1, -0.05) is 31.6 Å². The van der Waals surface area contributed by atoms with Crippen LogP contribution in [0, 0.1) is 11.8 Å². The lowest BCUT2D eigenvalue weighted by molar-refractivity contribution is -0.126. The van der Waals surface area contributed by atoms with Crippen molar-refractivity contribution < 1.29 is 27.1 Å². The average molecular weight is 680 g/mol. The SMILES string of the molecule is CCC/C=C/C(=C\N=C(C)N1CC2CN(C(=O)C3=CC(Cc4n[nH]c(=O)c5ccc(OC6CCC6)cc45)=CCC=C3F)CC2C1)C(F)(F)F. The summed E-state index contributed by atoms with van der Waals surface area (Å²) in [6, 6.07) is 5.33. The number of rotatable bonds is 9. The van der Waals surface area contributed by atoms with Crippen LogP contribution in [0.2, 0.25) is 0 Å². The highest BCUT2D eigenvalue weighted by Crippen LogP contribution is 2.35. The second-order valence-corrected chi connectivity index (χ2v) is 13.3. The number of carbonyl (C=O) groups is 1. The van der Waals surface area contributed by atoms with Crippen LogP contribution in [-0.2, 0) is 11.2 Å². The number of likely N-dealkylation sites (tertiary alicyclic amines) is 2. The van der Waals surface area contributed by atoms with Gasteiger partial charge in [-0.05, 0) is 75.0 Å². The van der Waals surface area contributed by atoms with Gasteiger partial charge in [-0.25, -0.2) is 14.5 Å². The van der Waals surface area contributed by atoms with Crippen LogP contribution < -0.4 is 10.3 Å². The van der Waals surface area contributed by atoms with E-state index in [1.807, 2.05) is 24.0 Å². The highest BCUT2D eigenvalue weighted by Gasteiger charge is 2.43. The quantitative estimate of drug-likeness (QED) is 0.132. The zero-order valence-electron chi connectivity index (χ0n) is 27.7. The van der Waals surface area contributed by atoms with Gasteiger partial charge >= 0.3 is 6.18 Å². The Labute approximate surface area is 282 Å². The molecule has 1 aromatic carbocycles. The van der Waals surface area contributed by atoms with Gasteiger partial charge in [-0.3, -0.25) is 9.59 Å². The molecule has 0 bridgehead atoms. The van der Waals surface area contributed by atoms with E-state index in [9.17, 15) is 22.8 Å². The van der Waals surface area contributed by atoms with Crippen molar-refractivity contribution in [2.24, 2.45) is 16.8 Å². The molecule has 260 valence electrons. The first-order valence-electron chi connectivity index (χ1n) is 17.0. The monoisotopic (exact) mass is 679 g/mol. The summed E-state index contributed by atoms with van der Waals surface area (Å²) in [7, 11) is 0. The number of fused-ring (bicyclic) bond motifs is 2. The molecular weight excluding hydrogens is 638 g/mol. The number of amidine groups is 1. The van der Waals surface area contributed by atoms with Gasteiger partial charge in [0.2, 0.25) is 0 Å². The number of ether oxygens (including phenoxy) is 1. The lowest BCUT2D eigenvalue weighted by Gasteiger charge is -2.26. The van der Waals surface area contributed by atoms with E-state index < -0.39 is 23.5 Å². The number of allylic oxidation sites excluding steroid dienone is 7.